The lowest BCUT2D eigenvalue weighted by Crippen LogP contribution is -2.52. The molecule has 1 saturated heterocycles. The molecule has 0 saturated carbocycles. The Labute approximate surface area is 178 Å². The van der Waals surface area contributed by atoms with Crippen molar-refractivity contribution in [3.8, 4) is 0 Å². The van der Waals surface area contributed by atoms with E-state index in [9.17, 15) is 13.2 Å². The molecule has 2 aliphatic rings. The summed E-state index contributed by atoms with van der Waals surface area (Å²) in [6, 6.07) is 10.4. The van der Waals surface area contributed by atoms with Gasteiger partial charge in [0.05, 0.1) is 18.5 Å². The van der Waals surface area contributed by atoms with Crippen LogP contribution in [0.25, 0.3) is 0 Å². The van der Waals surface area contributed by atoms with E-state index in [1.165, 1.54) is 0 Å². The van der Waals surface area contributed by atoms with Crippen molar-refractivity contribution in [2.45, 2.75) is 50.2 Å². The van der Waals surface area contributed by atoms with Gasteiger partial charge in [0.1, 0.15) is 10.7 Å². The molecule has 160 valence electrons. The summed E-state index contributed by atoms with van der Waals surface area (Å²) in [4.78, 5) is 21.5. The van der Waals surface area contributed by atoms with E-state index < -0.39 is 10.0 Å². The number of aryl methyl sites for hydroxylation is 1. The summed E-state index contributed by atoms with van der Waals surface area (Å²) < 4.78 is 28.6. The number of sulfonamides is 1. The number of hydrogen-bond donors (Lipinski definition) is 0. The van der Waals surface area contributed by atoms with Gasteiger partial charge in [0, 0.05) is 32.4 Å². The first kappa shape index (κ1) is 20.8. The topological polar surface area (TPSA) is 73.8 Å². The highest BCUT2D eigenvalue weighted by atomic mass is 32.2. The van der Waals surface area contributed by atoms with Crippen LogP contribution in [0.2, 0.25) is 0 Å². The lowest BCUT2D eigenvalue weighted by Gasteiger charge is -2.33. The number of nitrogens with zero attached hydrogens (tertiary/aromatic N) is 4. The Morgan fingerprint density at radius 1 is 1.13 bits per heavy atom. The van der Waals surface area contributed by atoms with Crippen molar-refractivity contribution < 1.29 is 13.2 Å². The zero-order valence-corrected chi connectivity index (χ0v) is 18.6. The van der Waals surface area contributed by atoms with Crippen LogP contribution >= 0.6 is 0 Å². The molecule has 1 aromatic heterocycles. The Kier molecular flexibility index (Phi) is 5.32. The molecule has 2 atom stereocenters. The molecule has 1 amide bonds. The third-order valence-corrected chi connectivity index (χ3v) is 8.31. The molecule has 8 heteroatoms. The van der Waals surface area contributed by atoms with Gasteiger partial charge in [0.25, 0.3) is 0 Å². The number of aromatic nitrogens is 1. The summed E-state index contributed by atoms with van der Waals surface area (Å²) in [5, 5.41) is 0. The fourth-order valence-electron chi connectivity index (χ4n) is 4.64. The number of likely N-dealkylation sites (tertiary alicyclic amines) is 1. The zero-order valence-electron chi connectivity index (χ0n) is 17.8. The van der Waals surface area contributed by atoms with Crippen molar-refractivity contribution in [2.75, 3.05) is 25.0 Å². The fourth-order valence-corrected chi connectivity index (χ4v) is 6.67. The number of rotatable bonds is 3. The first-order valence-corrected chi connectivity index (χ1v) is 11.7. The number of fused-ring (bicyclic) bond motifs is 2. The van der Waals surface area contributed by atoms with Gasteiger partial charge in [-0.2, -0.15) is 4.31 Å². The molecule has 4 rings (SSSR count). The number of carbonyl (C=O) groups excluding carboxylic acids is 1. The van der Waals surface area contributed by atoms with Crippen molar-refractivity contribution in [3.63, 3.8) is 0 Å². The predicted molar refractivity (Wildman–Crippen MR) is 116 cm³/mol. The smallest absolute Gasteiger partial charge is 0.247 e. The highest BCUT2D eigenvalue weighted by molar-refractivity contribution is 7.89. The Morgan fingerprint density at radius 3 is 2.53 bits per heavy atom. The average Bonchev–Trinajstić information content (AvgIpc) is 3.11. The maximum absolute atomic E-state index is 13.5. The van der Waals surface area contributed by atoms with E-state index in [0.29, 0.717) is 25.3 Å². The van der Waals surface area contributed by atoms with Gasteiger partial charge in [-0.1, -0.05) is 24.3 Å². The Hall–Kier alpha value is -2.45. The van der Waals surface area contributed by atoms with E-state index in [1.54, 1.807) is 27.5 Å². The molecule has 0 aliphatic carbocycles. The van der Waals surface area contributed by atoms with E-state index >= 15 is 0 Å². The number of hydrogen-bond acceptors (Lipinski definition) is 5. The third kappa shape index (κ3) is 3.37. The summed E-state index contributed by atoms with van der Waals surface area (Å²) in [6.45, 7) is 6.62. The van der Waals surface area contributed by atoms with Gasteiger partial charge < -0.3 is 9.80 Å². The lowest BCUT2D eigenvalue weighted by molar-refractivity contribution is -0.129. The fraction of sp³-hybridized carbons (Fsp3) is 0.455. The Morgan fingerprint density at radius 2 is 1.83 bits per heavy atom. The van der Waals surface area contributed by atoms with Crippen molar-refractivity contribution in [1.29, 1.82) is 0 Å². The second-order valence-electron chi connectivity index (χ2n) is 8.40. The highest BCUT2D eigenvalue weighted by Gasteiger charge is 2.50. The second-order valence-corrected chi connectivity index (χ2v) is 10.2. The molecule has 1 fully saturated rings. The largest absolute Gasteiger partial charge is 0.352 e. The van der Waals surface area contributed by atoms with E-state index in [1.807, 2.05) is 57.0 Å². The van der Waals surface area contributed by atoms with Crippen LogP contribution in [0.1, 0.15) is 25.0 Å². The van der Waals surface area contributed by atoms with Crippen LogP contribution in [0.15, 0.2) is 47.5 Å². The first-order chi connectivity index (χ1) is 14.2. The molecule has 1 aromatic carbocycles. The third-order valence-electron chi connectivity index (χ3n) is 6.19. The number of carbonyl (C=O) groups is 1. The van der Waals surface area contributed by atoms with Crippen LogP contribution in [-0.2, 0) is 21.2 Å². The molecule has 3 heterocycles. The Balaban J connectivity index is 1.69. The van der Waals surface area contributed by atoms with Crippen LogP contribution in [0, 0.1) is 6.92 Å². The molecule has 0 radical (unpaired) electrons. The maximum Gasteiger partial charge on any atom is 0.247 e. The van der Waals surface area contributed by atoms with E-state index in [2.05, 4.69) is 4.98 Å². The standard InChI is InChI=1S/C22H28N4O3S/c1-15(2)26-19-14-25(21(27)12-17-9-6-5-8-16(17)3)13-18(19)24(4)22-20(30(26,28)29)10-7-11-23-22/h5-11,15,18-19H,12-14H2,1-4H3/t18-,19+/m0/s1. The molecular formula is C22H28N4O3S. The lowest BCUT2D eigenvalue weighted by atomic mass is 10.1. The SMILES string of the molecule is Cc1ccccc1CC(=O)N1C[C@@H]2[C@H](C1)N(C)c1ncccc1S(=O)(=O)N2C(C)C. The molecule has 0 bridgehead atoms. The van der Waals surface area contributed by atoms with Crippen LogP contribution in [0.5, 0.6) is 0 Å². The van der Waals surface area contributed by atoms with Gasteiger partial charge >= 0.3 is 0 Å². The van der Waals surface area contributed by atoms with E-state index in [0.717, 1.165) is 11.1 Å². The van der Waals surface area contributed by atoms with Crippen molar-refractivity contribution in [2.24, 2.45) is 0 Å². The van der Waals surface area contributed by atoms with E-state index in [-0.39, 0.29) is 28.9 Å². The molecular weight excluding hydrogens is 400 g/mol. The molecule has 0 N–H and O–H groups in total. The zero-order chi connectivity index (χ0) is 21.6. The maximum atomic E-state index is 13.5. The van der Waals surface area contributed by atoms with Crippen LogP contribution in [-0.4, -0.2) is 66.8 Å². The first-order valence-electron chi connectivity index (χ1n) is 10.3. The minimum absolute atomic E-state index is 0.0214. The van der Waals surface area contributed by atoms with Gasteiger partial charge in [-0.15, -0.1) is 0 Å². The van der Waals surface area contributed by atoms with Gasteiger partial charge in [0.15, 0.2) is 0 Å². The summed E-state index contributed by atoms with van der Waals surface area (Å²) in [6.07, 6.45) is 1.93. The normalized spacial score (nSPS) is 23.2. The summed E-state index contributed by atoms with van der Waals surface area (Å²) >= 11 is 0. The van der Waals surface area contributed by atoms with Gasteiger partial charge in [-0.3, -0.25) is 4.79 Å². The van der Waals surface area contributed by atoms with Crippen molar-refractivity contribution in [3.05, 3.63) is 53.7 Å². The minimum atomic E-state index is -3.73. The number of amides is 1. The number of anilines is 1. The summed E-state index contributed by atoms with van der Waals surface area (Å²) in [5.41, 5.74) is 2.09. The number of pyridine rings is 1. The van der Waals surface area contributed by atoms with Crippen LogP contribution in [0.3, 0.4) is 0 Å². The quantitative estimate of drug-likeness (QED) is 0.748. The van der Waals surface area contributed by atoms with E-state index in [4.69, 9.17) is 0 Å². The number of likely N-dealkylation sites (N-methyl/N-ethyl adjacent to an activating group) is 1. The highest BCUT2D eigenvalue weighted by Crippen LogP contribution is 2.37. The van der Waals surface area contributed by atoms with Gasteiger partial charge in [-0.25, -0.2) is 13.4 Å². The molecule has 0 unspecified atom stereocenters. The monoisotopic (exact) mass is 428 g/mol. The molecule has 30 heavy (non-hydrogen) atoms. The number of benzene rings is 1. The van der Waals surface area contributed by atoms with Gasteiger partial charge in [-0.05, 0) is 44.0 Å². The van der Waals surface area contributed by atoms with Crippen molar-refractivity contribution >= 4 is 21.7 Å². The minimum Gasteiger partial charge on any atom is -0.352 e. The average molecular weight is 429 g/mol. The van der Waals surface area contributed by atoms with Crippen molar-refractivity contribution in [1.82, 2.24) is 14.2 Å². The second kappa shape index (κ2) is 7.67. The Bertz CT molecular complexity index is 1070. The molecule has 0 spiro atoms. The molecule has 2 aromatic rings. The summed E-state index contributed by atoms with van der Waals surface area (Å²) in [7, 11) is -1.86. The summed E-state index contributed by atoms with van der Waals surface area (Å²) in [5.74, 6) is 0.469. The molecule has 7 nitrogen and oxygen atoms in total. The van der Waals surface area contributed by atoms with Crippen LogP contribution in [0.4, 0.5) is 5.82 Å². The molecule has 2 aliphatic heterocycles. The predicted octanol–water partition coefficient (Wildman–Crippen LogP) is 2.06. The van der Waals surface area contributed by atoms with Gasteiger partial charge in [0.2, 0.25) is 15.9 Å². The van der Waals surface area contributed by atoms with Crippen LogP contribution < -0.4 is 4.90 Å².